The van der Waals surface area contributed by atoms with Gasteiger partial charge in [-0.25, -0.2) is 12.2 Å². The van der Waals surface area contributed by atoms with Gasteiger partial charge in [0.15, 0.2) is 0 Å². The van der Waals surface area contributed by atoms with E-state index in [1.54, 1.807) is 0 Å². The van der Waals surface area contributed by atoms with Crippen LogP contribution in [0, 0.1) is 62.4 Å². The first-order chi connectivity index (χ1) is 7.70. The fourth-order valence-corrected chi connectivity index (χ4v) is 0.340. The van der Waals surface area contributed by atoms with Crippen LogP contribution < -0.4 is 0 Å². The number of hydrogen-bond acceptors (Lipinski definition) is 0. The molecule has 0 saturated carbocycles. The van der Waals surface area contributed by atoms with Gasteiger partial charge in [-0.2, -0.15) is 68.4 Å². The third-order valence-electron chi connectivity index (χ3n) is 0.586. The minimum absolute atomic E-state index is 0. The van der Waals surface area contributed by atoms with Gasteiger partial charge in [-0.05, 0) is 0 Å². The minimum atomic E-state index is 0. The van der Waals surface area contributed by atoms with Gasteiger partial charge >= 0.3 is 38.6 Å². The maximum absolute atomic E-state index is 2.99. The standard InChI is InChI=1S/C5H5.3C4H9.Tb/c1-2-4-5-3-1;3*1-4(2)3;/h1-3H,4H2;3*1-3H3;/q4*-1;+4. The van der Waals surface area contributed by atoms with E-state index in [1.165, 1.54) is 17.8 Å². The van der Waals surface area contributed by atoms with Gasteiger partial charge in [-0.3, -0.25) is 6.08 Å². The Bertz CT molecular complexity index is 132. The number of allylic oxidation sites excluding steroid dienone is 4. The topological polar surface area (TPSA) is 0 Å². The zero-order valence-electron chi connectivity index (χ0n) is 13.8. The molecule has 0 unspecified atom stereocenters. The van der Waals surface area contributed by atoms with E-state index in [4.69, 9.17) is 0 Å². The second-order valence-electron chi connectivity index (χ2n) is 5.50. The molecule has 0 nitrogen and oxygen atoms in total. The van der Waals surface area contributed by atoms with Crippen molar-refractivity contribution in [1.29, 1.82) is 0 Å². The van der Waals surface area contributed by atoms with E-state index in [1.807, 2.05) is 12.2 Å². The van der Waals surface area contributed by atoms with Crippen molar-refractivity contribution in [3.05, 3.63) is 42.1 Å². The fourth-order valence-electron chi connectivity index (χ4n) is 0.340. The minimum Gasteiger partial charge on any atom is -0.323 e. The molecule has 0 amide bonds. The summed E-state index contributed by atoms with van der Waals surface area (Å²) in [5, 5.41) is 0. The molecule has 0 aliphatic heterocycles. The largest absolute Gasteiger partial charge is 4.00 e. The summed E-state index contributed by atoms with van der Waals surface area (Å²) in [5.74, 6) is 4.25. The van der Waals surface area contributed by atoms with Gasteiger partial charge in [0.25, 0.3) is 0 Å². The Balaban J connectivity index is -0.0000000719. The molecule has 0 aromatic carbocycles. The van der Waals surface area contributed by atoms with Crippen molar-refractivity contribution >= 4 is 0 Å². The van der Waals surface area contributed by atoms with Crippen LogP contribution in [0.3, 0.4) is 0 Å². The Morgan fingerprint density at radius 2 is 1.00 bits per heavy atom. The molecule has 1 aliphatic rings. The zero-order valence-corrected chi connectivity index (χ0v) is 15.9. The van der Waals surface area contributed by atoms with Crippen molar-refractivity contribution in [3.63, 3.8) is 0 Å². The molecule has 1 rings (SSSR count). The summed E-state index contributed by atoms with van der Waals surface area (Å²) in [6.45, 7) is 18.8. The van der Waals surface area contributed by atoms with Crippen molar-refractivity contribution in [3.8, 4) is 0 Å². The summed E-state index contributed by atoms with van der Waals surface area (Å²) in [5.41, 5.74) is 0. The van der Waals surface area contributed by atoms with Crippen LogP contribution in [-0.4, -0.2) is 0 Å². The summed E-state index contributed by atoms with van der Waals surface area (Å²) in [6, 6.07) is 0. The molecular weight excluding hydrogens is 363 g/mol. The molecule has 18 heavy (non-hydrogen) atoms. The van der Waals surface area contributed by atoms with Gasteiger partial charge in [-0.1, -0.05) is 0 Å². The Morgan fingerprint density at radius 1 is 0.722 bits per heavy atom. The SMILES string of the molecule is C[C-](C)C.C[C-](C)C.C[C-](C)C.[C-]1=CC=CC1.[Tb+4]. The summed E-state index contributed by atoms with van der Waals surface area (Å²) in [4.78, 5) is 0. The van der Waals surface area contributed by atoms with Crippen molar-refractivity contribution < 1.29 is 38.6 Å². The first-order valence-electron chi connectivity index (χ1n) is 6.22. The fraction of sp³-hybridized carbons (Fsp3) is 0.588. The molecule has 0 heterocycles. The maximum atomic E-state index is 2.99. The summed E-state index contributed by atoms with van der Waals surface area (Å²) >= 11 is 0. The summed E-state index contributed by atoms with van der Waals surface area (Å²) < 4.78 is 0. The molecule has 109 valence electrons. The van der Waals surface area contributed by atoms with Gasteiger partial charge in [-0.15, -0.1) is 6.42 Å². The maximum Gasteiger partial charge on any atom is 4.00 e. The van der Waals surface area contributed by atoms with E-state index in [2.05, 4.69) is 74.5 Å². The Labute approximate surface area is 148 Å². The van der Waals surface area contributed by atoms with Gasteiger partial charge < -0.3 is 17.8 Å². The Hall–Kier alpha value is 0.766. The molecule has 0 fully saturated rings. The van der Waals surface area contributed by atoms with Crippen LogP contribution in [0.2, 0.25) is 0 Å². The summed E-state index contributed by atoms with van der Waals surface area (Å²) in [6.07, 6.45) is 10.0. The first kappa shape index (κ1) is 27.2. The van der Waals surface area contributed by atoms with E-state index >= 15 is 0 Å². The van der Waals surface area contributed by atoms with Gasteiger partial charge in [0, 0.05) is 0 Å². The van der Waals surface area contributed by atoms with Crippen molar-refractivity contribution in [1.82, 2.24) is 0 Å². The molecular formula is C17H32Tb. The van der Waals surface area contributed by atoms with Crippen LogP contribution >= 0.6 is 0 Å². The van der Waals surface area contributed by atoms with Crippen LogP contribution in [0.5, 0.6) is 0 Å². The third-order valence-corrected chi connectivity index (χ3v) is 0.586. The third kappa shape index (κ3) is 125. The smallest absolute Gasteiger partial charge is 0.323 e. The van der Waals surface area contributed by atoms with Crippen molar-refractivity contribution in [2.75, 3.05) is 0 Å². The predicted octanol–water partition coefficient (Wildman–Crippen LogP) is 6.17. The quantitative estimate of drug-likeness (QED) is 0.431. The molecule has 0 atom stereocenters. The molecule has 1 radical (unpaired) electrons. The predicted molar refractivity (Wildman–Crippen MR) is 82.4 cm³/mol. The van der Waals surface area contributed by atoms with Crippen LogP contribution in [-0.2, 0) is 0 Å². The molecule has 1 heteroatoms. The average Bonchev–Trinajstić information content (AvgIpc) is 2.53. The normalized spacial score (nSPS) is 10.9. The number of rotatable bonds is 0. The molecule has 0 spiro atoms. The van der Waals surface area contributed by atoms with Crippen molar-refractivity contribution in [2.45, 2.75) is 68.7 Å². The molecule has 0 N–H and O–H groups in total. The molecule has 0 saturated heterocycles. The van der Waals surface area contributed by atoms with Gasteiger partial charge in [0.2, 0.25) is 0 Å². The van der Waals surface area contributed by atoms with Gasteiger partial charge in [0.1, 0.15) is 0 Å². The zero-order chi connectivity index (χ0) is 14.3. The molecule has 0 aromatic rings. The van der Waals surface area contributed by atoms with Crippen molar-refractivity contribution in [2.24, 2.45) is 0 Å². The monoisotopic (exact) mass is 395 g/mol. The van der Waals surface area contributed by atoms with E-state index in [0.717, 1.165) is 6.42 Å². The summed E-state index contributed by atoms with van der Waals surface area (Å²) in [7, 11) is 0. The van der Waals surface area contributed by atoms with Crippen LogP contribution in [0.1, 0.15) is 68.7 Å². The number of hydrogen-bond donors (Lipinski definition) is 0. The molecule has 1 aliphatic carbocycles. The second-order valence-corrected chi connectivity index (χ2v) is 5.50. The Morgan fingerprint density at radius 3 is 1.06 bits per heavy atom. The first-order valence-corrected chi connectivity index (χ1v) is 6.22. The average molecular weight is 395 g/mol. The van der Waals surface area contributed by atoms with Crippen LogP contribution in [0.15, 0.2) is 18.2 Å². The molecule has 0 aromatic heterocycles. The van der Waals surface area contributed by atoms with Gasteiger partial charge in [0.05, 0.1) is 0 Å². The second kappa shape index (κ2) is 22.9. The van der Waals surface area contributed by atoms with E-state index in [0.29, 0.717) is 0 Å². The van der Waals surface area contributed by atoms with E-state index < -0.39 is 0 Å². The van der Waals surface area contributed by atoms with Crippen LogP contribution in [0.4, 0.5) is 0 Å². The van der Waals surface area contributed by atoms with E-state index in [-0.39, 0.29) is 38.6 Å². The molecule has 0 bridgehead atoms. The van der Waals surface area contributed by atoms with E-state index in [9.17, 15) is 0 Å². The van der Waals surface area contributed by atoms with Crippen LogP contribution in [0.25, 0.3) is 0 Å². The Kier molecular flexibility index (Phi) is 34.6.